The van der Waals surface area contributed by atoms with Crippen molar-refractivity contribution < 1.29 is 0 Å². The molecule has 0 saturated heterocycles. The molecule has 0 fully saturated rings. The Labute approximate surface area is 173 Å². The van der Waals surface area contributed by atoms with Crippen LogP contribution in [0.5, 0.6) is 0 Å². The van der Waals surface area contributed by atoms with Crippen molar-refractivity contribution in [3.63, 3.8) is 0 Å². The molecular weight excluding hydrogens is 372 g/mol. The fourth-order valence-electron chi connectivity index (χ4n) is 4.76. The first kappa shape index (κ1) is 17.2. The van der Waals surface area contributed by atoms with Crippen LogP contribution in [0.2, 0.25) is 0 Å². The summed E-state index contributed by atoms with van der Waals surface area (Å²) in [5.74, 6) is 0. The summed E-state index contributed by atoms with van der Waals surface area (Å²) >= 11 is 0. The number of nitrogens with two attached hydrogens (primary N) is 1. The van der Waals surface area contributed by atoms with Gasteiger partial charge in [0.1, 0.15) is 0 Å². The molecule has 0 aliphatic heterocycles. The third kappa shape index (κ3) is 2.53. The highest BCUT2D eigenvalue weighted by molar-refractivity contribution is 6.07. The van der Waals surface area contributed by atoms with Gasteiger partial charge in [-0.1, -0.05) is 6.07 Å². The summed E-state index contributed by atoms with van der Waals surface area (Å²) < 4.78 is 1.90. The number of anilines is 1. The van der Waals surface area contributed by atoms with Gasteiger partial charge >= 0.3 is 0 Å². The second-order valence-corrected chi connectivity index (χ2v) is 8.08. The Hall–Kier alpha value is -3.67. The molecule has 2 aromatic carbocycles. The van der Waals surface area contributed by atoms with Crippen LogP contribution in [0.15, 0.2) is 48.8 Å². The van der Waals surface area contributed by atoms with E-state index in [2.05, 4.69) is 35.5 Å². The molecule has 30 heavy (non-hydrogen) atoms. The van der Waals surface area contributed by atoms with Gasteiger partial charge in [-0.05, 0) is 74.1 Å². The first-order valence-corrected chi connectivity index (χ1v) is 10.4. The molecular formula is C24H22N6. The Kier molecular flexibility index (Phi) is 3.68. The second-order valence-electron chi connectivity index (χ2n) is 8.08. The van der Waals surface area contributed by atoms with Crippen LogP contribution in [-0.2, 0) is 12.8 Å². The molecule has 3 heterocycles. The van der Waals surface area contributed by atoms with Gasteiger partial charge in [-0.15, -0.1) is 0 Å². The number of nitrogens with zero attached hydrogens (tertiary/aromatic N) is 4. The number of aryl methyl sites for hydroxylation is 2. The van der Waals surface area contributed by atoms with E-state index in [4.69, 9.17) is 15.8 Å². The maximum Gasteiger partial charge on any atom is 0.0778 e. The second kappa shape index (κ2) is 6.42. The molecule has 0 radical (unpaired) electrons. The fourth-order valence-corrected chi connectivity index (χ4v) is 4.76. The summed E-state index contributed by atoms with van der Waals surface area (Å²) in [6, 6.07) is 12.0. The van der Waals surface area contributed by atoms with Crippen molar-refractivity contribution in [1.29, 1.82) is 0 Å². The monoisotopic (exact) mass is 394 g/mol. The van der Waals surface area contributed by atoms with Gasteiger partial charge in [0.15, 0.2) is 0 Å². The molecule has 0 spiro atoms. The van der Waals surface area contributed by atoms with Crippen LogP contribution >= 0.6 is 0 Å². The number of H-pyrrole nitrogens is 1. The number of fused-ring (bicyclic) bond motifs is 5. The van der Waals surface area contributed by atoms with Gasteiger partial charge < -0.3 is 5.73 Å². The van der Waals surface area contributed by atoms with Crippen LogP contribution in [0.25, 0.3) is 38.8 Å². The smallest absolute Gasteiger partial charge is 0.0778 e. The van der Waals surface area contributed by atoms with Gasteiger partial charge in [-0.25, -0.2) is 9.67 Å². The average molecular weight is 394 g/mol. The molecule has 148 valence electrons. The summed E-state index contributed by atoms with van der Waals surface area (Å²) in [6.45, 7) is 2.05. The van der Waals surface area contributed by atoms with Gasteiger partial charge in [-0.3, -0.25) is 5.10 Å². The zero-order chi connectivity index (χ0) is 20.2. The lowest BCUT2D eigenvalue weighted by molar-refractivity contribution is 0.689. The minimum absolute atomic E-state index is 0.729. The quantitative estimate of drug-likeness (QED) is 0.424. The molecule has 1 aliphatic carbocycles. The molecule has 3 aromatic heterocycles. The number of hydrogen-bond donors (Lipinski definition) is 2. The number of aromatic nitrogens is 5. The zero-order valence-electron chi connectivity index (χ0n) is 16.8. The first-order valence-electron chi connectivity index (χ1n) is 10.4. The van der Waals surface area contributed by atoms with Crippen molar-refractivity contribution in [3.05, 3.63) is 65.6 Å². The molecule has 3 N–H and O–H groups in total. The van der Waals surface area contributed by atoms with Gasteiger partial charge in [0.25, 0.3) is 0 Å². The lowest BCUT2D eigenvalue weighted by Gasteiger charge is -2.21. The molecule has 0 unspecified atom stereocenters. The van der Waals surface area contributed by atoms with Crippen LogP contribution in [0.3, 0.4) is 0 Å². The average Bonchev–Trinajstić information content (AvgIpc) is 3.39. The highest BCUT2D eigenvalue weighted by atomic mass is 15.3. The third-order valence-corrected chi connectivity index (χ3v) is 6.18. The Morgan fingerprint density at radius 2 is 1.93 bits per heavy atom. The number of nitrogen functional groups attached to an aromatic ring is 1. The Balaban J connectivity index is 1.61. The van der Waals surface area contributed by atoms with Gasteiger partial charge in [0.2, 0.25) is 0 Å². The summed E-state index contributed by atoms with van der Waals surface area (Å²) in [5, 5.41) is 14.6. The molecule has 0 bridgehead atoms. The topological polar surface area (TPSA) is 85.4 Å². The predicted molar refractivity (Wildman–Crippen MR) is 120 cm³/mol. The maximum absolute atomic E-state index is 5.98. The predicted octanol–water partition coefficient (Wildman–Crippen LogP) is 4.73. The SMILES string of the molecule is Cc1nn(-c2cccc(N)c2)cc1-c1nc2ccc3[nH]ncc3c2c2c1CCCC2. The Bertz CT molecular complexity index is 1420. The lowest BCUT2D eigenvalue weighted by Crippen LogP contribution is -2.08. The van der Waals surface area contributed by atoms with Gasteiger partial charge in [-0.2, -0.15) is 10.2 Å². The number of pyridine rings is 1. The lowest BCUT2D eigenvalue weighted by atomic mass is 9.85. The minimum Gasteiger partial charge on any atom is -0.399 e. The molecule has 6 heteroatoms. The normalized spacial score (nSPS) is 13.8. The van der Waals surface area contributed by atoms with E-state index in [1.54, 1.807) is 0 Å². The summed E-state index contributed by atoms with van der Waals surface area (Å²) in [4.78, 5) is 5.15. The highest BCUT2D eigenvalue weighted by Crippen LogP contribution is 2.38. The van der Waals surface area contributed by atoms with Crippen LogP contribution in [0.1, 0.15) is 29.7 Å². The number of hydrogen-bond acceptors (Lipinski definition) is 4. The van der Waals surface area contributed by atoms with Crippen molar-refractivity contribution in [1.82, 2.24) is 25.0 Å². The summed E-state index contributed by atoms with van der Waals surface area (Å²) in [7, 11) is 0. The van der Waals surface area contributed by atoms with E-state index in [1.165, 1.54) is 29.4 Å². The fraction of sp³-hybridized carbons (Fsp3) is 0.208. The largest absolute Gasteiger partial charge is 0.399 e. The van der Waals surface area contributed by atoms with E-state index < -0.39 is 0 Å². The molecule has 6 rings (SSSR count). The van der Waals surface area contributed by atoms with Gasteiger partial charge in [0.05, 0.1) is 34.3 Å². The number of benzene rings is 2. The van der Waals surface area contributed by atoms with Crippen molar-refractivity contribution in [2.24, 2.45) is 0 Å². The van der Waals surface area contributed by atoms with Crippen LogP contribution in [-0.4, -0.2) is 25.0 Å². The van der Waals surface area contributed by atoms with E-state index in [0.717, 1.165) is 57.6 Å². The number of rotatable bonds is 2. The Morgan fingerprint density at radius 3 is 2.80 bits per heavy atom. The highest BCUT2D eigenvalue weighted by Gasteiger charge is 2.23. The molecule has 5 aromatic rings. The number of aromatic amines is 1. The molecule has 0 atom stereocenters. The minimum atomic E-state index is 0.729. The van der Waals surface area contributed by atoms with E-state index in [-0.39, 0.29) is 0 Å². The van der Waals surface area contributed by atoms with Crippen LogP contribution in [0.4, 0.5) is 5.69 Å². The van der Waals surface area contributed by atoms with E-state index in [9.17, 15) is 0 Å². The zero-order valence-corrected chi connectivity index (χ0v) is 16.8. The standard InChI is InChI=1S/C24H22N6/c1-14-20(13-30(29-14)16-6-4-5-15(25)11-16)24-18-8-3-2-7-17(18)23-19-12-26-28-21(19)9-10-22(23)27-24/h4-6,9-13H,2-3,7-8,25H2,1H3,(H,26,28). The van der Waals surface area contributed by atoms with Crippen molar-refractivity contribution >= 4 is 27.5 Å². The van der Waals surface area contributed by atoms with Crippen LogP contribution < -0.4 is 5.73 Å². The Morgan fingerprint density at radius 1 is 1.07 bits per heavy atom. The third-order valence-electron chi connectivity index (χ3n) is 6.18. The van der Waals surface area contributed by atoms with Crippen molar-refractivity contribution in [3.8, 4) is 16.9 Å². The first-order chi connectivity index (χ1) is 14.7. The van der Waals surface area contributed by atoms with Crippen molar-refractivity contribution in [2.45, 2.75) is 32.6 Å². The molecule has 0 saturated carbocycles. The molecule has 1 aliphatic rings. The van der Waals surface area contributed by atoms with Gasteiger partial charge in [0, 0.05) is 28.2 Å². The number of nitrogens with one attached hydrogen (secondary N) is 1. The van der Waals surface area contributed by atoms with E-state index in [0.29, 0.717) is 0 Å². The summed E-state index contributed by atoms with van der Waals surface area (Å²) in [5.41, 5.74) is 15.7. The molecule has 6 nitrogen and oxygen atoms in total. The summed E-state index contributed by atoms with van der Waals surface area (Å²) in [6.07, 6.45) is 8.54. The molecule has 0 amide bonds. The van der Waals surface area contributed by atoms with Crippen molar-refractivity contribution in [2.75, 3.05) is 5.73 Å². The maximum atomic E-state index is 5.98. The van der Waals surface area contributed by atoms with E-state index in [1.807, 2.05) is 35.1 Å². The van der Waals surface area contributed by atoms with Crippen LogP contribution in [0, 0.1) is 6.92 Å². The van der Waals surface area contributed by atoms with E-state index >= 15 is 0 Å².